The van der Waals surface area contributed by atoms with Crippen molar-refractivity contribution in [1.29, 1.82) is 0 Å². The Morgan fingerprint density at radius 1 is 1.29 bits per heavy atom. The Labute approximate surface area is 126 Å². The fourth-order valence-electron chi connectivity index (χ4n) is 2.50. The second-order valence-corrected chi connectivity index (χ2v) is 5.77. The standard InChI is InChI=1S/C16H25N3O2/c1-12(2)21-14-8-7-9-17-15(14)18-13(3)16(20)19-10-5-4-6-11-19/h7-9,12-13H,4-6,10-11H2,1-3H3,(H,17,18). The van der Waals surface area contributed by atoms with Gasteiger partial charge < -0.3 is 15.0 Å². The summed E-state index contributed by atoms with van der Waals surface area (Å²) < 4.78 is 5.72. The third-order valence-electron chi connectivity index (χ3n) is 3.52. The van der Waals surface area contributed by atoms with E-state index < -0.39 is 0 Å². The molecule has 1 amide bonds. The fourth-order valence-corrected chi connectivity index (χ4v) is 2.50. The van der Waals surface area contributed by atoms with Crippen LogP contribution >= 0.6 is 0 Å². The van der Waals surface area contributed by atoms with Gasteiger partial charge in [-0.05, 0) is 52.2 Å². The minimum absolute atomic E-state index is 0.0721. The van der Waals surface area contributed by atoms with E-state index >= 15 is 0 Å². The van der Waals surface area contributed by atoms with Crippen molar-refractivity contribution in [2.75, 3.05) is 18.4 Å². The molecule has 1 fully saturated rings. The number of aromatic nitrogens is 1. The van der Waals surface area contributed by atoms with Crippen LogP contribution in [0.4, 0.5) is 5.82 Å². The zero-order valence-electron chi connectivity index (χ0n) is 13.1. The van der Waals surface area contributed by atoms with Crippen LogP contribution in [0.3, 0.4) is 0 Å². The first-order valence-corrected chi connectivity index (χ1v) is 7.75. The number of hydrogen-bond acceptors (Lipinski definition) is 4. The van der Waals surface area contributed by atoms with Crippen molar-refractivity contribution in [3.05, 3.63) is 18.3 Å². The zero-order chi connectivity index (χ0) is 15.2. The summed E-state index contributed by atoms with van der Waals surface area (Å²) in [5.41, 5.74) is 0. The van der Waals surface area contributed by atoms with Crippen LogP contribution in [0.25, 0.3) is 0 Å². The number of nitrogens with zero attached hydrogens (tertiary/aromatic N) is 2. The summed E-state index contributed by atoms with van der Waals surface area (Å²) in [6.07, 6.45) is 5.20. The van der Waals surface area contributed by atoms with Crippen LogP contribution in [-0.2, 0) is 4.79 Å². The monoisotopic (exact) mass is 291 g/mol. The van der Waals surface area contributed by atoms with Gasteiger partial charge in [0.25, 0.3) is 0 Å². The molecule has 5 nitrogen and oxygen atoms in total. The lowest BCUT2D eigenvalue weighted by Crippen LogP contribution is -2.44. The lowest BCUT2D eigenvalue weighted by molar-refractivity contribution is -0.132. The van der Waals surface area contributed by atoms with Gasteiger partial charge in [-0.25, -0.2) is 4.98 Å². The molecule has 1 aliphatic rings. The maximum atomic E-state index is 12.4. The number of carbonyl (C=O) groups is 1. The van der Waals surface area contributed by atoms with E-state index in [0.717, 1.165) is 25.9 Å². The molecule has 0 bridgehead atoms. The number of hydrogen-bond donors (Lipinski definition) is 1. The first-order chi connectivity index (χ1) is 10.1. The first kappa shape index (κ1) is 15.6. The Hall–Kier alpha value is -1.78. The summed E-state index contributed by atoms with van der Waals surface area (Å²) in [5, 5.41) is 3.19. The van der Waals surface area contributed by atoms with E-state index in [-0.39, 0.29) is 18.1 Å². The fraction of sp³-hybridized carbons (Fsp3) is 0.625. The molecule has 5 heteroatoms. The number of piperidine rings is 1. The second-order valence-electron chi connectivity index (χ2n) is 5.77. The maximum Gasteiger partial charge on any atom is 0.244 e. The zero-order valence-corrected chi connectivity index (χ0v) is 13.1. The predicted molar refractivity (Wildman–Crippen MR) is 83.5 cm³/mol. The molecular formula is C16H25N3O2. The van der Waals surface area contributed by atoms with Gasteiger partial charge in [-0.1, -0.05) is 0 Å². The molecule has 1 aliphatic heterocycles. The van der Waals surface area contributed by atoms with Gasteiger partial charge in [-0.15, -0.1) is 0 Å². The summed E-state index contributed by atoms with van der Waals surface area (Å²) in [6.45, 7) is 7.55. The molecule has 116 valence electrons. The average Bonchev–Trinajstić information content (AvgIpc) is 2.49. The molecule has 2 heterocycles. The molecule has 1 saturated heterocycles. The van der Waals surface area contributed by atoms with Crippen LogP contribution in [0.15, 0.2) is 18.3 Å². The van der Waals surface area contributed by atoms with Gasteiger partial charge in [0, 0.05) is 19.3 Å². The normalized spacial score (nSPS) is 16.7. The van der Waals surface area contributed by atoms with Crippen LogP contribution in [0, 0.1) is 0 Å². The SMILES string of the molecule is CC(C)Oc1cccnc1NC(C)C(=O)N1CCCCC1. The molecule has 21 heavy (non-hydrogen) atoms. The molecule has 1 aromatic heterocycles. The van der Waals surface area contributed by atoms with Crippen molar-refractivity contribution in [1.82, 2.24) is 9.88 Å². The molecule has 0 radical (unpaired) electrons. The summed E-state index contributed by atoms with van der Waals surface area (Å²) in [5.74, 6) is 1.45. The van der Waals surface area contributed by atoms with Crippen LogP contribution in [0.5, 0.6) is 5.75 Å². The predicted octanol–water partition coefficient (Wildman–Crippen LogP) is 2.68. The van der Waals surface area contributed by atoms with Gasteiger partial charge in [0.2, 0.25) is 5.91 Å². The molecule has 0 aromatic carbocycles. The highest BCUT2D eigenvalue weighted by atomic mass is 16.5. The number of nitrogens with one attached hydrogen (secondary N) is 1. The van der Waals surface area contributed by atoms with Crippen molar-refractivity contribution < 1.29 is 9.53 Å². The van der Waals surface area contributed by atoms with Gasteiger partial charge in [0.05, 0.1) is 6.10 Å². The Bertz CT molecular complexity index is 470. The number of amides is 1. The molecule has 1 atom stereocenters. The minimum atomic E-state index is -0.299. The molecule has 1 unspecified atom stereocenters. The number of ether oxygens (including phenoxy) is 1. The van der Waals surface area contributed by atoms with Crippen molar-refractivity contribution >= 4 is 11.7 Å². The third-order valence-corrected chi connectivity index (χ3v) is 3.52. The third kappa shape index (κ3) is 4.34. The van der Waals surface area contributed by atoms with Gasteiger partial charge in [-0.3, -0.25) is 4.79 Å². The molecule has 0 saturated carbocycles. The summed E-state index contributed by atoms with van der Waals surface area (Å²) in [7, 11) is 0. The molecule has 0 spiro atoms. The molecule has 2 rings (SSSR count). The quantitative estimate of drug-likeness (QED) is 0.906. The van der Waals surface area contributed by atoms with E-state index in [0.29, 0.717) is 11.6 Å². The number of rotatable bonds is 5. The van der Waals surface area contributed by atoms with E-state index in [9.17, 15) is 4.79 Å². The van der Waals surface area contributed by atoms with Crippen molar-refractivity contribution in [3.8, 4) is 5.75 Å². The highest BCUT2D eigenvalue weighted by Gasteiger charge is 2.23. The first-order valence-electron chi connectivity index (χ1n) is 7.75. The van der Waals surface area contributed by atoms with E-state index in [2.05, 4.69) is 10.3 Å². The smallest absolute Gasteiger partial charge is 0.244 e. The van der Waals surface area contributed by atoms with Gasteiger partial charge in [0.1, 0.15) is 6.04 Å². The van der Waals surface area contributed by atoms with Gasteiger partial charge in [-0.2, -0.15) is 0 Å². The average molecular weight is 291 g/mol. The Morgan fingerprint density at radius 2 is 2.00 bits per heavy atom. The van der Waals surface area contributed by atoms with Crippen molar-refractivity contribution in [2.45, 2.75) is 52.2 Å². The van der Waals surface area contributed by atoms with E-state index in [1.165, 1.54) is 6.42 Å². The highest BCUT2D eigenvalue weighted by Crippen LogP contribution is 2.23. The Balaban J connectivity index is 2.01. The summed E-state index contributed by atoms with van der Waals surface area (Å²) >= 11 is 0. The van der Waals surface area contributed by atoms with Crippen LogP contribution < -0.4 is 10.1 Å². The topological polar surface area (TPSA) is 54.5 Å². The van der Waals surface area contributed by atoms with Crippen LogP contribution in [0.1, 0.15) is 40.0 Å². The second kappa shape index (κ2) is 7.29. The minimum Gasteiger partial charge on any atom is -0.487 e. The Morgan fingerprint density at radius 3 is 2.67 bits per heavy atom. The molecule has 1 aromatic rings. The van der Waals surface area contributed by atoms with E-state index in [4.69, 9.17) is 4.74 Å². The van der Waals surface area contributed by atoms with E-state index in [1.807, 2.05) is 37.8 Å². The lowest BCUT2D eigenvalue weighted by atomic mass is 10.1. The van der Waals surface area contributed by atoms with Crippen LogP contribution in [-0.4, -0.2) is 41.0 Å². The van der Waals surface area contributed by atoms with Gasteiger partial charge in [0.15, 0.2) is 11.6 Å². The number of pyridine rings is 1. The van der Waals surface area contributed by atoms with Crippen molar-refractivity contribution in [3.63, 3.8) is 0 Å². The lowest BCUT2D eigenvalue weighted by Gasteiger charge is -2.29. The number of carbonyl (C=O) groups excluding carboxylic acids is 1. The Kier molecular flexibility index (Phi) is 5.42. The van der Waals surface area contributed by atoms with E-state index in [1.54, 1.807) is 6.20 Å². The largest absolute Gasteiger partial charge is 0.487 e. The summed E-state index contributed by atoms with van der Waals surface area (Å²) in [4.78, 5) is 18.7. The van der Waals surface area contributed by atoms with Gasteiger partial charge >= 0.3 is 0 Å². The molecule has 1 N–H and O–H groups in total. The number of likely N-dealkylation sites (tertiary alicyclic amines) is 1. The van der Waals surface area contributed by atoms with Crippen LogP contribution in [0.2, 0.25) is 0 Å². The maximum absolute atomic E-state index is 12.4. The summed E-state index contributed by atoms with van der Waals surface area (Å²) in [6, 6.07) is 3.40. The highest BCUT2D eigenvalue weighted by molar-refractivity contribution is 5.84. The van der Waals surface area contributed by atoms with Crippen molar-refractivity contribution in [2.24, 2.45) is 0 Å². The molecular weight excluding hydrogens is 266 g/mol. The molecule has 0 aliphatic carbocycles. The number of anilines is 1.